The summed E-state index contributed by atoms with van der Waals surface area (Å²) < 4.78 is 5.82. The van der Waals surface area contributed by atoms with E-state index in [1.54, 1.807) is 7.05 Å². The number of ether oxygens (including phenoxy) is 1. The van der Waals surface area contributed by atoms with E-state index in [4.69, 9.17) is 9.57 Å². The average Bonchev–Trinajstić information content (AvgIpc) is 2.30. The minimum Gasteiger partial charge on any atom is -0.380 e. The molecule has 0 aliphatic heterocycles. The van der Waals surface area contributed by atoms with Crippen molar-refractivity contribution in [2.75, 3.05) is 26.9 Å². The molecule has 0 spiro atoms. The molecule has 0 rings (SSSR count). The van der Waals surface area contributed by atoms with Gasteiger partial charge in [0, 0.05) is 19.7 Å². The lowest BCUT2D eigenvalue weighted by atomic mass is 9.66. The average molecular weight is 302 g/mol. The molecule has 2 N–H and O–H groups in total. The Morgan fingerprint density at radius 2 is 1.67 bits per heavy atom. The van der Waals surface area contributed by atoms with E-state index in [-0.39, 0.29) is 24.0 Å². The van der Waals surface area contributed by atoms with Crippen LogP contribution in [-0.4, -0.2) is 38.8 Å². The molecule has 0 aromatic rings. The minimum atomic E-state index is -0.741. The van der Waals surface area contributed by atoms with Crippen molar-refractivity contribution >= 4 is 5.91 Å². The Hall–Kier alpha value is -0.650. The Labute approximate surface area is 130 Å². The molecule has 0 aromatic heterocycles. The molecule has 5 nitrogen and oxygen atoms in total. The van der Waals surface area contributed by atoms with E-state index in [0.717, 1.165) is 0 Å². The van der Waals surface area contributed by atoms with Gasteiger partial charge in [-0.05, 0) is 25.2 Å². The lowest BCUT2D eigenvalue weighted by molar-refractivity contribution is -0.158. The third-order valence-corrected chi connectivity index (χ3v) is 3.55. The summed E-state index contributed by atoms with van der Waals surface area (Å²) in [7, 11) is 1.70. The van der Waals surface area contributed by atoms with Crippen LogP contribution in [0.3, 0.4) is 0 Å². The molecule has 126 valence electrons. The van der Waals surface area contributed by atoms with Crippen molar-refractivity contribution in [3.05, 3.63) is 0 Å². The van der Waals surface area contributed by atoms with Crippen molar-refractivity contribution in [1.82, 2.24) is 10.8 Å². The maximum atomic E-state index is 12.8. The number of amides is 1. The van der Waals surface area contributed by atoms with Crippen LogP contribution < -0.4 is 10.8 Å². The summed E-state index contributed by atoms with van der Waals surface area (Å²) in [4.78, 5) is 18.2. The Morgan fingerprint density at radius 3 is 2.05 bits per heavy atom. The summed E-state index contributed by atoms with van der Waals surface area (Å²) in [5.74, 6) is 0.407. The van der Waals surface area contributed by atoms with Crippen molar-refractivity contribution in [2.45, 2.75) is 54.5 Å². The van der Waals surface area contributed by atoms with Crippen LogP contribution >= 0.6 is 0 Å². The standard InChI is InChI=1S/C16H34N2O3/c1-12(2)9-20-10-16(11-21-17-8,15(5,6)7)14(19)18-13(3)4/h12-13,17H,9-11H2,1-8H3,(H,18,19). The molecule has 0 aliphatic rings. The summed E-state index contributed by atoms with van der Waals surface area (Å²) in [6.07, 6.45) is 0. The van der Waals surface area contributed by atoms with E-state index in [1.165, 1.54) is 0 Å². The number of carbonyl (C=O) groups is 1. The van der Waals surface area contributed by atoms with Gasteiger partial charge in [0.05, 0.1) is 13.2 Å². The number of rotatable bonds is 9. The molecule has 1 amide bonds. The quantitative estimate of drug-likeness (QED) is 0.642. The lowest BCUT2D eigenvalue weighted by Gasteiger charge is -2.43. The van der Waals surface area contributed by atoms with E-state index in [1.807, 2.05) is 34.6 Å². The van der Waals surface area contributed by atoms with Gasteiger partial charge >= 0.3 is 0 Å². The van der Waals surface area contributed by atoms with E-state index in [0.29, 0.717) is 19.1 Å². The first-order valence-electron chi connectivity index (χ1n) is 7.74. The fraction of sp³-hybridized carbons (Fsp3) is 0.938. The molecular weight excluding hydrogens is 268 g/mol. The summed E-state index contributed by atoms with van der Waals surface area (Å²) >= 11 is 0. The highest BCUT2D eigenvalue weighted by molar-refractivity contribution is 5.84. The third-order valence-electron chi connectivity index (χ3n) is 3.55. The molecule has 0 aliphatic carbocycles. The molecule has 0 heterocycles. The SMILES string of the molecule is CNOCC(COCC(C)C)(C(=O)NC(C)C)C(C)(C)C. The van der Waals surface area contributed by atoms with Crippen LogP contribution in [0.1, 0.15) is 48.5 Å². The van der Waals surface area contributed by atoms with E-state index in [9.17, 15) is 4.79 Å². The molecule has 0 saturated heterocycles. The topological polar surface area (TPSA) is 59.6 Å². The predicted octanol–water partition coefficient (Wildman–Crippen LogP) is 2.37. The highest BCUT2D eigenvalue weighted by atomic mass is 16.6. The zero-order chi connectivity index (χ0) is 16.7. The molecular formula is C16H34N2O3. The molecule has 0 fully saturated rings. The van der Waals surface area contributed by atoms with Crippen LogP contribution in [0, 0.1) is 16.7 Å². The van der Waals surface area contributed by atoms with Crippen LogP contribution in [-0.2, 0) is 14.4 Å². The fourth-order valence-corrected chi connectivity index (χ4v) is 2.01. The van der Waals surface area contributed by atoms with Crippen molar-refractivity contribution in [3.8, 4) is 0 Å². The van der Waals surface area contributed by atoms with Crippen LogP contribution in [0.5, 0.6) is 0 Å². The summed E-state index contributed by atoms with van der Waals surface area (Å²) in [6, 6.07) is 0.0823. The van der Waals surface area contributed by atoms with Gasteiger partial charge in [0.25, 0.3) is 0 Å². The van der Waals surface area contributed by atoms with Gasteiger partial charge < -0.3 is 14.9 Å². The van der Waals surface area contributed by atoms with Crippen LogP contribution in [0.4, 0.5) is 0 Å². The molecule has 0 saturated carbocycles. The molecule has 0 bridgehead atoms. The van der Waals surface area contributed by atoms with Gasteiger partial charge in [0.1, 0.15) is 5.41 Å². The normalized spacial score (nSPS) is 15.3. The first kappa shape index (κ1) is 20.3. The maximum absolute atomic E-state index is 12.8. The monoisotopic (exact) mass is 302 g/mol. The molecule has 1 unspecified atom stereocenters. The first-order valence-corrected chi connectivity index (χ1v) is 7.74. The lowest BCUT2D eigenvalue weighted by Crippen LogP contribution is -2.56. The van der Waals surface area contributed by atoms with E-state index < -0.39 is 5.41 Å². The molecule has 21 heavy (non-hydrogen) atoms. The third kappa shape index (κ3) is 6.32. The van der Waals surface area contributed by atoms with Crippen molar-refractivity contribution in [3.63, 3.8) is 0 Å². The van der Waals surface area contributed by atoms with Gasteiger partial charge in [-0.1, -0.05) is 34.6 Å². The Bertz CT molecular complexity index is 311. The Balaban J connectivity index is 5.26. The molecule has 1 atom stereocenters. The molecule has 0 aromatic carbocycles. The summed E-state index contributed by atoms with van der Waals surface area (Å²) in [6.45, 7) is 15.5. The highest BCUT2D eigenvalue weighted by Crippen LogP contribution is 2.40. The van der Waals surface area contributed by atoms with E-state index >= 15 is 0 Å². The summed E-state index contributed by atoms with van der Waals surface area (Å²) in [5.41, 5.74) is 1.63. The zero-order valence-electron chi connectivity index (χ0n) is 15.0. The van der Waals surface area contributed by atoms with Crippen molar-refractivity contribution in [1.29, 1.82) is 0 Å². The summed E-state index contributed by atoms with van der Waals surface area (Å²) in [5, 5.41) is 3.01. The second kappa shape index (κ2) is 8.71. The first-order chi connectivity index (χ1) is 9.56. The fourth-order valence-electron chi connectivity index (χ4n) is 2.01. The van der Waals surface area contributed by atoms with Gasteiger partial charge in [-0.2, -0.15) is 0 Å². The highest BCUT2D eigenvalue weighted by Gasteiger charge is 2.49. The van der Waals surface area contributed by atoms with Crippen LogP contribution in [0.25, 0.3) is 0 Å². The Kier molecular flexibility index (Phi) is 8.44. The minimum absolute atomic E-state index is 0.0241. The van der Waals surface area contributed by atoms with Crippen LogP contribution in [0.2, 0.25) is 0 Å². The van der Waals surface area contributed by atoms with E-state index in [2.05, 4.69) is 24.6 Å². The van der Waals surface area contributed by atoms with Gasteiger partial charge in [-0.15, -0.1) is 0 Å². The molecule has 5 heteroatoms. The largest absolute Gasteiger partial charge is 0.380 e. The number of nitrogens with one attached hydrogen (secondary N) is 2. The van der Waals surface area contributed by atoms with Gasteiger partial charge in [-0.3, -0.25) is 4.79 Å². The van der Waals surface area contributed by atoms with Gasteiger partial charge in [-0.25, -0.2) is 5.48 Å². The van der Waals surface area contributed by atoms with Crippen LogP contribution in [0.15, 0.2) is 0 Å². The van der Waals surface area contributed by atoms with Gasteiger partial charge in [0.15, 0.2) is 0 Å². The number of hydrogen-bond donors (Lipinski definition) is 2. The zero-order valence-corrected chi connectivity index (χ0v) is 15.0. The second-order valence-corrected chi connectivity index (χ2v) is 7.36. The van der Waals surface area contributed by atoms with Gasteiger partial charge in [0.2, 0.25) is 5.91 Å². The number of hydroxylamine groups is 1. The smallest absolute Gasteiger partial charge is 0.231 e. The number of carbonyl (C=O) groups excluding carboxylic acids is 1. The second-order valence-electron chi connectivity index (χ2n) is 7.36. The van der Waals surface area contributed by atoms with Crippen molar-refractivity contribution in [2.24, 2.45) is 16.7 Å². The Morgan fingerprint density at radius 1 is 1.10 bits per heavy atom. The number of hydrogen-bond acceptors (Lipinski definition) is 4. The maximum Gasteiger partial charge on any atom is 0.231 e. The predicted molar refractivity (Wildman–Crippen MR) is 85.8 cm³/mol. The molecule has 0 radical (unpaired) electrons. The van der Waals surface area contributed by atoms with Crippen molar-refractivity contribution < 1.29 is 14.4 Å².